The number of hydrogen-bond acceptors (Lipinski definition) is 3. The molecule has 0 fully saturated rings. The lowest BCUT2D eigenvalue weighted by Gasteiger charge is -2.24. The summed E-state index contributed by atoms with van der Waals surface area (Å²) in [6.45, 7) is 6.16. The first-order chi connectivity index (χ1) is 9.38. The number of nitrogens with two attached hydrogens (primary N) is 1. The van der Waals surface area contributed by atoms with E-state index in [0.29, 0.717) is 12.1 Å². The molecule has 0 amide bonds. The highest BCUT2D eigenvalue weighted by Crippen LogP contribution is 2.28. The molecule has 0 radical (unpaired) electrons. The van der Waals surface area contributed by atoms with E-state index in [1.165, 1.54) is 6.07 Å². The van der Waals surface area contributed by atoms with E-state index in [2.05, 4.69) is 0 Å². The van der Waals surface area contributed by atoms with Gasteiger partial charge in [-0.25, -0.2) is 4.39 Å². The average Bonchev–Trinajstić information content (AvgIpc) is 2.77. The normalized spacial score (nSPS) is 12.5. The summed E-state index contributed by atoms with van der Waals surface area (Å²) in [5, 5.41) is 0. The lowest BCUT2D eigenvalue weighted by Crippen LogP contribution is -2.20. The monoisotopic (exact) mass is 276 g/mol. The zero-order valence-electron chi connectivity index (χ0n) is 12.4. The molecule has 0 saturated heterocycles. The Hall–Kier alpha value is -1.81. The van der Waals surface area contributed by atoms with Gasteiger partial charge in [-0.1, -0.05) is 0 Å². The number of furan rings is 1. The second-order valence-corrected chi connectivity index (χ2v) is 5.32. The largest absolute Gasteiger partial charge is 0.464 e. The number of anilines is 1. The third kappa shape index (κ3) is 3.02. The number of nitrogens with zero attached hydrogens (tertiary/aromatic N) is 1. The molecular weight excluding hydrogens is 255 g/mol. The Balaban J connectivity index is 2.33. The first kappa shape index (κ1) is 14.6. The van der Waals surface area contributed by atoms with Crippen LogP contribution >= 0.6 is 0 Å². The molecule has 0 unspecified atom stereocenters. The van der Waals surface area contributed by atoms with E-state index in [1.54, 1.807) is 6.92 Å². The highest BCUT2D eigenvalue weighted by molar-refractivity contribution is 5.56. The van der Waals surface area contributed by atoms with Crippen LogP contribution in [0.1, 0.15) is 35.6 Å². The Morgan fingerprint density at radius 2 is 2.00 bits per heavy atom. The third-order valence-corrected chi connectivity index (χ3v) is 3.40. The third-order valence-electron chi connectivity index (χ3n) is 3.40. The molecule has 2 rings (SSSR count). The maximum absolute atomic E-state index is 13.7. The van der Waals surface area contributed by atoms with Crippen molar-refractivity contribution in [3.8, 4) is 0 Å². The van der Waals surface area contributed by atoms with Crippen LogP contribution in [-0.2, 0) is 6.54 Å². The molecule has 4 heteroatoms. The molecule has 1 aromatic heterocycles. The molecule has 0 aliphatic rings. The molecule has 2 aromatic rings. The van der Waals surface area contributed by atoms with E-state index < -0.39 is 0 Å². The molecule has 2 N–H and O–H groups in total. The fourth-order valence-corrected chi connectivity index (χ4v) is 2.27. The quantitative estimate of drug-likeness (QED) is 0.926. The standard InChI is InChI=1S/C16H21FN2O/c1-10-7-16(14(12(3)18)8-15(10)17)19(4)9-13-6-5-11(2)20-13/h5-8,12H,9,18H2,1-4H3/t12-/m1/s1. The lowest BCUT2D eigenvalue weighted by molar-refractivity contribution is 0.481. The van der Waals surface area contributed by atoms with Crippen molar-refractivity contribution in [3.63, 3.8) is 0 Å². The lowest BCUT2D eigenvalue weighted by atomic mass is 10.0. The predicted molar refractivity (Wildman–Crippen MR) is 79.3 cm³/mol. The summed E-state index contributed by atoms with van der Waals surface area (Å²) in [5.74, 6) is 1.54. The molecule has 0 aliphatic heterocycles. The average molecular weight is 276 g/mol. The van der Waals surface area contributed by atoms with Gasteiger partial charge >= 0.3 is 0 Å². The van der Waals surface area contributed by atoms with Gasteiger partial charge in [-0.15, -0.1) is 0 Å². The summed E-state index contributed by atoms with van der Waals surface area (Å²) >= 11 is 0. The Morgan fingerprint density at radius 1 is 1.30 bits per heavy atom. The summed E-state index contributed by atoms with van der Waals surface area (Å²) in [5.41, 5.74) is 8.31. The molecule has 108 valence electrons. The zero-order chi connectivity index (χ0) is 14.9. The second-order valence-electron chi connectivity index (χ2n) is 5.32. The Morgan fingerprint density at radius 3 is 2.55 bits per heavy atom. The summed E-state index contributed by atoms with van der Waals surface area (Å²) in [7, 11) is 1.95. The van der Waals surface area contributed by atoms with Crippen molar-refractivity contribution in [3.05, 3.63) is 52.7 Å². The smallest absolute Gasteiger partial charge is 0.126 e. The van der Waals surface area contributed by atoms with Crippen LogP contribution in [0.4, 0.5) is 10.1 Å². The van der Waals surface area contributed by atoms with Crippen molar-refractivity contribution in [2.45, 2.75) is 33.4 Å². The van der Waals surface area contributed by atoms with Crippen LogP contribution in [0.3, 0.4) is 0 Å². The highest BCUT2D eigenvalue weighted by Gasteiger charge is 2.15. The minimum atomic E-state index is -0.221. The second kappa shape index (κ2) is 5.67. The van der Waals surface area contributed by atoms with E-state index in [0.717, 1.165) is 22.8 Å². The van der Waals surface area contributed by atoms with Crippen LogP contribution in [0.5, 0.6) is 0 Å². The van der Waals surface area contributed by atoms with Gasteiger partial charge in [0.15, 0.2) is 0 Å². The molecule has 20 heavy (non-hydrogen) atoms. The Labute approximate surface area is 119 Å². The van der Waals surface area contributed by atoms with Gasteiger partial charge in [0.1, 0.15) is 17.3 Å². The fraction of sp³-hybridized carbons (Fsp3) is 0.375. The predicted octanol–water partition coefficient (Wildman–Crippen LogP) is 3.69. The SMILES string of the molecule is Cc1ccc(CN(C)c2cc(C)c(F)cc2[C@@H](C)N)o1. The van der Waals surface area contributed by atoms with Gasteiger partial charge in [0.05, 0.1) is 6.54 Å². The number of aryl methyl sites for hydroxylation is 2. The molecule has 1 aromatic carbocycles. The van der Waals surface area contributed by atoms with Crippen LogP contribution in [0.15, 0.2) is 28.7 Å². The first-order valence-corrected chi connectivity index (χ1v) is 6.70. The van der Waals surface area contributed by atoms with Gasteiger partial charge < -0.3 is 15.1 Å². The Kier molecular flexibility index (Phi) is 4.14. The molecule has 0 saturated carbocycles. The van der Waals surface area contributed by atoms with Crippen molar-refractivity contribution in [1.29, 1.82) is 0 Å². The summed E-state index contributed by atoms with van der Waals surface area (Å²) in [4.78, 5) is 2.03. The topological polar surface area (TPSA) is 42.4 Å². The molecule has 0 aliphatic carbocycles. The van der Waals surface area contributed by atoms with Gasteiger partial charge in [0, 0.05) is 18.8 Å². The summed E-state index contributed by atoms with van der Waals surface area (Å²) in [6, 6.07) is 7.03. The van der Waals surface area contributed by atoms with Crippen molar-refractivity contribution in [2.75, 3.05) is 11.9 Å². The van der Waals surface area contributed by atoms with Crippen LogP contribution in [0, 0.1) is 19.7 Å². The van der Waals surface area contributed by atoms with E-state index in [4.69, 9.17) is 10.2 Å². The van der Waals surface area contributed by atoms with Gasteiger partial charge in [0.2, 0.25) is 0 Å². The zero-order valence-corrected chi connectivity index (χ0v) is 12.4. The number of rotatable bonds is 4. The minimum Gasteiger partial charge on any atom is -0.464 e. The van der Waals surface area contributed by atoms with Crippen molar-refractivity contribution >= 4 is 5.69 Å². The van der Waals surface area contributed by atoms with Crippen molar-refractivity contribution in [2.24, 2.45) is 5.73 Å². The van der Waals surface area contributed by atoms with Crippen molar-refractivity contribution < 1.29 is 8.81 Å². The molecule has 3 nitrogen and oxygen atoms in total. The van der Waals surface area contributed by atoms with Crippen LogP contribution in [0.2, 0.25) is 0 Å². The van der Waals surface area contributed by atoms with Crippen LogP contribution in [-0.4, -0.2) is 7.05 Å². The maximum Gasteiger partial charge on any atom is 0.126 e. The van der Waals surface area contributed by atoms with Gasteiger partial charge in [-0.2, -0.15) is 0 Å². The highest BCUT2D eigenvalue weighted by atomic mass is 19.1. The molecular formula is C16H21FN2O. The van der Waals surface area contributed by atoms with Crippen molar-refractivity contribution in [1.82, 2.24) is 0 Å². The molecule has 1 heterocycles. The molecule has 0 bridgehead atoms. The van der Waals surface area contributed by atoms with E-state index in [1.807, 2.05) is 44.0 Å². The van der Waals surface area contributed by atoms with E-state index in [9.17, 15) is 4.39 Å². The van der Waals surface area contributed by atoms with Gasteiger partial charge in [0.25, 0.3) is 0 Å². The molecule has 1 atom stereocenters. The first-order valence-electron chi connectivity index (χ1n) is 6.70. The summed E-state index contributed by atoms with van der Waals surface area (Å²) in [6.07, 6.45) is 0. The Bertz CT molecular complexity index is 605. The van der Waals surface area contributed by atoms with Gasteiger partial charge in [-0.3, -0.25) is 0 Å². The number of benzene rings is 1. The maximum atomic E-state index is 13.7. The van der Waals surface area contributed by atoms with Crippen LogP contribution in [0.25, 0.3) is 0 Å². The minimum absolute atomic E-state index is 0.219. The van der Waals surface area contributed by atoms with E-state index in [-0.39, 0.29) is 11.9 Å². The molecule has 0 spiro atoms. The number of hydrogen-bond donors (Lipinski definition) is 1. The number of halogens is 1. The summed E-state index contributed by atoms with van der Waals surface area (Å²) < 4.78 is 19.3. The van der Waals surface area contributed by atoms with Gasteiger partial charge in [-0.05, 0) is 56.2 Å². The van der Waals surface area contributed by atoms with Crippen LogP contribution < -0.4 is 10.6 Å². The van der Waals surface area contributed by atoms with E-state index >= 15 is 0 Å². The fourth-order valence-electron chi connectivity index (χ4n) is 2.27.